The van der Waals surface area contributed by atoms with Crippen LogP contribution in [0.25, 0.3) is 0 Å². The number of nitrogens with zero attached hydrogens (tertiary/aromatic N) is 2. The van der Waals surface area contributed by atoms with Crippen LogP contribution in [-0.4, -0.2) is 18.4 Å². The summed E-state index contributed by atoms with van der Waals surface area (Å²) in [7, 11) is -3.59. The van der Waals surface area contributed by atoms with Crippen molar-refractivity contribution in [3.8, 4) is 0 Å². The van der Waals surface area contributed by atoms with Gasteiger partial charge in [-0.2, -0.15) is 0 Å². The lowest BCUT2D eigenvalue weighted by Gasteiger charge is -2.03. The van der Waals surface area contributed by atoms with Gasteiger partial charge in [-0.3, -0.25) is 9.71 Å². The van der Waals surface area contributed by atoms with Crippen molar-refractivity contribution in [1.82, 2.24) is 9.97 Å². The van der Waals surface area contributed by atoms with E-state index >= 15 is 0 Å². The number of aromatic nitrogens is 2. The standard InChI is InChI=1S/C8H6BrN3O2S2/c9-7-5-11-8(15-7)12-16(13,14)6-2-1-3-10-4-6/h1-5H,(H,11,12). The zero-order valence-electron chi connectivity index (χ0n) is 7.79. The first-order chi connectivity index (χ1) is 7.58. The maximum absolute atomic E-state index is 11.8. The molecule has 0 aliphatic carbocycles. The van der Waals surface area contributed by atoms with Crippen molar-refractivity contribution < 1.29 is 8.42 Å². The SMILES string of the molecule is O=S(=O)(Nc1ncc(Br)s1)c1cccnc1. The third kappa shape index (κ3) is 2.57. The molecule has 1 N–H and O–H groups in total. The summed E-state index contributed by atoms with van der Waals surface area (Å²) in [5, 5.41) is 0.315. The molecule has 0 unspecified atom stereocenters. The van der Waals surface area contributed by atoms with Crippen LogP contribution in [0.1, 0.15) is 0 Å². The average Bonchev–Trinajstić information content (AvgIpc) is 2.64. The van der Waals surface area contributed by atoms with Crippen molar-refractivity contribution >= 4 is 42.4 Å². The molecule has 0 aromatic carbocycles. The molecule has 0 aliphatic rings. The van der Waals surface area contributed by atoms with E-state index in [4.69, 9.17) is 0 Å². The van der Waals surface area contributed by atoms with Crippen LogP contribution >= 0.6 is 27.3 Å². The molecule has 0 radical (unpaired) electrons. The largest absolute Gasteiger partial charge is 0.265 e. The van der Waals surface area contributed by atoms with Gasteiger partial charge >= 0.3 is 0 Å². The molecule has 16 heavy (non-hydrogen) atoms. The molecule has 0 atom stereocenters. The number of nitrogens with one attached hydrogen (secondary N) is 1. The highest BCUT2D eigenvalue weighted by molar-refractivity contribution is 9.11. The van der Waals surface area contributed by atoms with Crippen LogP contribution in [-0.2, 0) is 10.0 Å². The van der Waals surface area contributed by atoms with Crippen molar-refractivity contribution in [2.45, 2.75) is 4.90 Å². The van der Waals surface area contributed by atoms with Crippen molar-refractivity contribution in [1.29, 1.82) is 0 Å². The second kappa shape index (κ2) is 4.48. The van der Waals surface area contributed by atoms with Crippen molar-refractivity contribution in [3.05, 3.63) is 34.5 Å². The Hall–Kier alpha value is -0.990. The molecular weight excluding hydrogens is 314 g/mol. The van der Waals surface area contributed by atoms with Crippen LogP contribution < -0.4 is 4.72 Å². The summed E-state index contributed by atoms with van der Waals surface area (Å²) in [6, 6.07) is 3.03. The van der Waals surface area contributed by atoms with Gasteiger partial charge < -0.3 is 0 Å². The van der Waals surface area contributed by atoms with Gasteiger partial charge in [0.25, 0.3) is 10.0 Å². The smallest absolute Gasteiger partial charge is 0.263 e. The van der Waals surface area contributed by atoms with Gasteiger partial charge in [0.05, 0.1) is 9.98 Å². The van der Waals surface area contributed by atoms with Gasteiger partial charge in [0.1, 0.15) is 4.90 Å². The van der Waals surface area contributed by atoms with E-state index in [1.165, 1.54) is 36.0 Å². The molecule has 2 heterocycles. The van der Waals surface area contributed by atoms with Crippen molar-refractivity contribution in [3.63, 3.8) is 0 Å². The first kappa shape index (κ1) is 11.5. The Bertz CT molecular complexity index is 582. The minimum absolute atomic E-state index is 0.112. The molecule has 84 valence electrons. The lowest BCUT2D eigenvalue weighted by Crippen LogP contribution is -2.12. The van der Waals surface area contributed by atoms with E-state index in [0.717, 1.165) is 3.79 Å². The van der Waals surface area contributed by atoms with Gasteiger partial charge in [-0.25, -0.2) is 13.4 Å². The van der Waals surface area contributed by atoms with Gasteiger partial charge in [-0.05, 0) is 28.1 Å². The van der Waals surface area contributed by atoms with E-state index in [1.807, 2.05) is 0 Å². The zero-order valence-corrected chi connectivity index (χ0v) is 11.0. The molecule has 2 aromatic heterocycles. The Morgan fingerprint density at radius 1 is 1.38 bits per heavy atom. The quantitative estimate of drug-likeness (QED) is 0.940. The molecule has 0 amide bonds. The summed E-state index contributed by atoms with van der Waals surface area (Å²) in [5.41, 5.74) is 0. The number of hydrogen-bond acceptors (Lipinski definition) is 5. The fourth-order valence-corrected chi connectivity index (χ4v) is 3.29. The third-order valence-corrected chi connectivity index (χ3v) is 4.49. The molecule has 2 aromatic rings. The number of pyridine rings is 1. The first-order valence-electron chi connectivity index (χ1n) is 4.12. The van der Waals surface area contributed by atoms with E-state index in [-0.39, 0.29) is 4.90 Å². The molecule has 0 aliphatic heterocycles. The third-order valence-electron chi connectivity index (χ3n) is 1.64. The Kier molecular flexibility index (Phi) is 3.22. The van der Waals surface area contributed by atoms with Crippen LogP contribution in [0.5, 0.6) is 0 Å². The average molecular weight is 320 g/mol. The summed E-state index contributed by atoms with van der Waals surface area (Å²) in [6.45, 7) is 0. The van der Waals surface area contributed by atoms with Crippen LogP contribution in [0, 0.1) is 0 Å². The van der Waals surface area contributed by atoms with Gasteiger partial charge in [0, 0.05) is 12.4 Å². The lowest BCUT2D eigenvalue weighted by atomic mass is 10.5. The molecule has 2 rings (SSSR count). The van der Waals surface area contributed by atoms with Gasteiger partial charge in [-0.15, -0.1) is 0 Å². The normalized spacial score (nSPS) is 11.3. The monoisotopic (exact) mass is 319 g/mol. The number of thiazole rings is 1. The molecule has 0 saturated carbocycles. The van der Waals surface area contributed by atoms with E-state index < -0.39 is 10.0 Å². The van der Waals surface area contributed by atoms with Crippen molar-refractivity contribution in [2.75, 3.05) is 4.72 Å². The predicted molar refractivity (Wildman–Crippen MR) is 64.9 cm³/mol. The Morgan fingerprint density at radius 2 is 2.19 bits per heavy atom. The van der Waals surface area contributed by atoms with E-state index in [2.05, 4.69) is 30.6 Å². The lowest BCUT2D eigenvalue weighted by molar-refractivity contribution is 0.601. The molecule has 0 bridgehead atoms. The number of rotatable bonds is 3. The van der Waals surface area contributed by atoms with Gasteiger partial charge in [0.2, 0.25) is 0 Å². The van der Waals surface area contributed by atoms with Crippen LogP contribution in [0.2, 0.25) is 0 Å². The van der Waals surface area contributed by atoms with Crippen molar-refractivity contribution in [2.24, 2.45) is 0 Å². The first-order valence-corrected chi connectivity index (χ1v) is 7.21. The number of hydrogen-bond donors (Lipinski definition) is 1. The zero-order chi connectivity index (χ0) is 11.6. The second-order valence-corrected chi connectivity index (χ2v) is 6.86. The summed E-state index contributed by atoms with van der Waals surface area (Å²) >= 11 is 4.41. The molecule has 0 spiro atoms. The summed E-state index contributed by atoms with van der Waals surface area (Å²) in [4.78, 5) is 7.75. The van der Waals surface area contributed by atoms with E-state index in [0.29, 0.717) is 5.13 Å². The Morgan fingerprint density at radius 3 is 2.75 bits per heavy atom. The van der Waals surface area contributed by atoms with Crippen LogP contribution in [0.4, 0.5) is 5.13 Å². The topological polar surface area (TPSA) is 72.0 Å². The highest BCUT2D eigenvalue weighted by atomic mass is 79.9. The van der Waals surface area contributed by atoms with Gasteiger partial charge in [-0.1, -0.05) is 11.3 Å². The summed E-state index contributed by atoms with van der Waals surface area (Å²) < 4.78 is 26.7. The fourth-order valence-electron chi connectivity index (χ4n) is 0.982. The summed E-state index contributed by atoms with van der Waals surface area (Å²) in [5.74, 6) is 0. The van der Waals surface area contributed by atoms with Crippen LogP contribution in [0.15, 0.2) is 39.4 Å². The highest BCUT2D eigenvalue weighted by Gasteiger charge is 2.15. The molecular formula is C8H6BrN3O2S2. The molecule has 8 heteroatoms. The Balaban J connectivity index is 2.28. The number of halogens is 1. The fraction of sp³-hybridized carbons (Fsp3) is 0. The maximum atomic E-state index is 11.8. The highest BCUT2D eigenvalue weighted by Crippen LogP contribution is 2.25. The minimum Gasteiger partial charge on any atom is -0.263 e. The van der Waals surface area contributed by atoms with E-state index in [9.17, 15) is 8.42 Å². The molecule has 5 nitrogen and oxygen atoms in total. The number of anilines is 1. The maximum Gasteiger partial charge on any atom is 0.265 e. The Labute approximate surface area is 105 Å². The second-order valence-electron chi connectivity index (χ2n) is 2.76. The van der Waals surface area contributed by atoms with Gasteiger partial charge in [0.15, 0.2) is 5.13 Å². The number of sulfonamides is 1. The summed E-state index contributed by atoms with van der Waals surface area (Å²) in [6.07, 6.45) is 4.33. The predicted octanol–water partition coefficient (Wildman–Crippen LogP) is 2.10. The van der Waals surface area contributed by atoms with E-state index in [1.54, 1.807) is 6.07 Å². The minimum atomic E-state index is -3.59. The molecule has 0 fully saturated rings. The molecule has 0 saturated heterocycles. The van der Waals surface area contributed by atoms with Crippen LogP contribution in [0.3, 0.4) is 0 Å².